The predicted octanol–water partition coefficient (Wildman–Crippen LogP) is 4.11. The van der Waals surface area contributed by atoms with E-state index in [-0.39, 0.29) is 0 Å². The molecule has 2 N–H and O–H groups in total. The van der Waals surface area contributed by atoms with Gasteiger partial charge in [0.2, 0.25) is 0 Å². The van der Waals surface area contributed by atoms with Crippen LogP contribution in [0.15, 0.2) is 5.38 Å². The quantitative estimate of drug-likeness (QED) is 0.712. The molecule has 16 heavy (non-hydrogen) atoms. The minimum atomic E-state index is 0.530. The monoisotopic (exact) mass is 239 g/mol. The lowest BCUT2D eigenvalue weighted by molar-refractivity contribution is 0.701. The highest BCUT2D eigenvalue weighted by molar-refractivity contribution is 7.10. The fraction of sp³-hybridized carbons (Fsp3) is 0.714. The third-order valence-electron chi connectivity index (χ3n) is 3.23. The SMILES string of the molecule is CCCCCc1c(CC)csc1C(C)CN. The van der Waals surface area contributed by atoms with Gasteiger partial charge in [-0.1, -0.05) is 33.6 Å². The van der Waals surface area contributed by atoms with Crippen molar-refractivity contribution in [1.29, 1.82) is 0 Å². The first-order chi connectivity index (χ1) is 7.74. The smallest absolute Gasteiger partial charge is 0.0121 e. The zero-order valence-corrected chi connectivity index (χ0v) is 11.7. The molecule has 0 fully saturated rings. The first kappa shape index (κ1) is 13.7. The van der Waals surface area contributed by atoms with Crippen LogP contribution in [0, 0.1) is 0 Å². The van der Waals surface area contributed by atoms with Crippen LogP contribution in [-0.2, 0) is 12.8 Å². The van der Waals surface area contributed by atoms with E-state index >= 15 is 0 Å². The van der Waals surface area contributed by atoms with Crippen LogP contribution in [0.3, 0.4) is 0 Å². The Morgan fingerprint density at radius 1 is 1.31 bits per heavy atom. The summed E-state index contributed by atoms with van der Waals surface area (Å²) < 4.78 is 0. The molecule has 1 aromatic heterocycles. The maximum atomic E-state index is 5.79. The standard InChI is InChI=1S/C14H25NS/c1-4-6-7-8-13-12(5-2)10-16-14(13)11(3)9-15/h10-11H,4-9,15H2,1-3H3. The number of aryl methyl sites for hydroxylation is 1. The highest BCUT2D eigenvalue weighted by Crippen LogP contribution is 2.31. The summed E-state index contributed by atoms with van der Waals surface area (Å²) in [6, 6.07) is 0. The summed E-state index contributed by atoms with van der Waals surface area (Å²) in [5, 5.41) is 2.34. The highest BCUT2D eigenvalue weighted by atomic mass is 32.1. The molecule has 1 rings (SSSR count). The van der Waals surface area contributed by atoms with Gasteiger partial charge in [-0.25, -0.2) is 0 Å². The molecule has 0 aliphatic rings. The van der Waals surface area contributed by atoms with Gasteiger partial charge in [-0.2, -0.15) is 0 Å². The van der Waals surface area contributed by atoms with E-state index < -0.39 is 0 Å². The Labute approximate surface area is 104 Å². The van der Waals surface area contributed by atoms with Gasteiger partial charge in [0.25, 0.3) is 0 Å². The van der Waals surface area contributed by atoms with Gasteiger partial charge in [-0.3, -0.25) is 0 Å². The van der Waals surface area contributed by atoms with E-state index in [1.54, 1.807) is 11.1 Å². The summed E-state index contributed by atoms with van der Waals surface area (Å²) in [4.78, 5) is 1.54. The van der Waals surface area contributed by atoms with E-state index in [1.165, 1.54) is 30.6 Å². The van der Waals surface area contributed by atoms with Crippen molar-refractivity contribution in [2.24, 2.45) is 5.73 Å². The lowest BCUT2D eigenvalue weighted by atomic mass is 9.97. The van der Waals surface area contributed by atoms with E-state index in [9.17, 15) is 0 Å². The summed E-state index contributed by atoms with van der Waals surface area (Å²) in [5.41, 5.74) is 8.95. The number of nitrogens with two attached hydrogens (primary N) is 1. The second-order valence-corrected chi connectivity index (χ2v) is 5.46. The highest BCUT2D eigenvalue weighted by Gasteiger charge is 2.14. The van der Waals surface area contributed by atoms with Crippen molar-refractivity contribution in [3.63, 3.8) is 0 Å². The molecule has 0 amide bonds. The van der Waals surface area contributed by atoms with Crippen molar-refractivity contribution in [1.82, 2.24) is 0 Å². The van der Waals surface area contributed by atoms with Gasteiger partial charge >= 0.3 is 0 Å². The minimum Gasteiger partial charge on any atom is -0.330 e. The van der Waals surface area contributed by atoms with E-state index in [2.05, 4.69) is 26.2 Å². The molecule has 1 unspecified atom stereocenters. The van der Waals surface area contributed by atoms with E-state index in [1.807, 2.05) is 11.3 Å². The number of hydrogen-bond acceptors (Lipinski definition) is 2. The average molecular weight is 239 g/mol. The molecule has 1 nitrogen and oxygen atoms in total. The molecule has 0 spiro atoms. The predicted molar refractivity (Wildman–Crippen MR) is 74.4 cm³/mol. The van der Waals surface area contributed by atoms with Crippen molar-refractivity contribution < 1.29 is 0 Å². The molecule has 0 bridgehead atoms. The second kappa shape index (κ2) is 7.08. The van der Waals surface area contributed by atoms with Gasteiger partial charge < -0.3 is 5.73 Å². The molecule has 0 saturated heterocycles. The number of hydrogen-bond donors (Lipinski definition) is 1. The Morgan fingerprint density at radius 3 is 2.62 bits per heavy atom. The molecule has 0 radical (unpaired) electrons. The van der Waals surface area contributed by atoms with Crippen LogP contribution in [-0.4, -0.2) is 6.54 Å². The minimum absolute atomic E-state index is 0.530. The summed E-state index contributed by atoms with van der Waals surface area (Å²) in [7, 11) is 0. The van der Waals surface area contributed by atoms with Crippen LogP contribution >= 0.6 is 11.3 Å². The number of thiophene rings is 1. The van der Waals surface area contributed by atoms with Crippen LogP contribution in [0.5, 0.6) is 0 Å². The van der Waals surface area contributed by atoms with Gasteiger partial charge in [0, 0.05) is 10.8 Å². The van der Waals surface area contributed by atoms with Crippen molar-refractivity contribution in [2.45, 2.75) is 58.8 Å². The zero-order chi connectivity index (χ0) is 12.0. The van der Waals surface area contributed by atoms with Crippen LogP contribution in [0.25, 0.3) is 0 Å². The summed E-state index contributed by atoms with van der Waals surface area (Å²) in [5.74, 6) is 0.530. The Morgan fingerprint density at radius 2 is 2.06 bits per heavy atom. The second-order valence-electron chi connectivity index (χ2n) is 4.55. The topological polar surface area (TPSA) is 26.0 Å². The number of rotatable bonds is 7. The Hall–Kier alpha value is -0.340. The van der Waals surface area contributed by atoms with Gasteiger partial charge in [0.1, 0.15) is 0 Å². The molecule has 1 atom stereocenters. The summed E-state index contributed by atoms with van der Waals surface area (Å²) in [6.07, 6.45) is 6.38. The van der Waals surface area contributed by atoms with Gasteiger partial charge in [0.15, 0.2) is 0 Å². The first-order valence-electron chi connectivity index (χ1n) is 6.53. The third kappa shape index (κ3) is 3.33. The third-order valence-corrected chi connectivity index (χ3v) is 4.53. The molecular weight excluding hydrogens is 214 g/mol. The Kier molecular flexibility index (Phi) is 6.07. The van der Waals surface area contributed by atoms with Crippen LogP contribution < -0.4 is 5.73 Å². The largest absolute Gasteiger partial charge is 0.330 e. The molecular formula is C14H25NS. The van der Waals surface area contributed by atoms with Crippen LogP contribution in [0.1, 0.15) is 62.0 Å². The van der Waals surface area contributed by atoms with Crippen molar-refractivity contribution >= 4 is 11.3 Å². The molecule has 0 aliphatic carbocycles. The molecule has 1 heterocycles. The van der Waals surface area contributed by atoms with E-state index in [4.69, 9.17) is 5.73 Å². The van der Waals surface area contributed by atoms with Crippen molar-refractivity contribution in [2.75, 3.05) is 6.54 Å². The van der Waals surface area contributed by atoms with Crippen LogP contribution in [0.4, 0.5) is 0 Å². The molecule has 0 aromatic carbocycles. The van der Waals surface area contributed by atoms with E-state index in [0.717, 1.165) is 13.0 Å². The maximum absolute atomic E-state index is 5.79. The van der Waals surface area contributed by atoms with E-state index in [0.29, 0.717) is 5.92 Å². The van der Waals surface area contributed by atoms with Gasteiger partial charge in [-0.05, 0) is 42.3 Å². The summed E-state index contributed by atoms with van der Waals surface area (Å²) >= 11 is 1.91. The molecule has 2 heteroatoms. The van der Waals surface area contributed by atoms with Crippen LogP contribution in [0.2, 0.25) is 0 Å². The maximum Gasteiger partial charge on any atom is 0.0121 e. The van der Waals surface area contributed by atoms with Crippen molar-refractivity contribution in [3.05, 3.63) is 21.4 Å². The van der Waals surface area contributed by atoms with Crippen molar-refractivity contribution in [3.8, 4) is 0 Å². The van der Waals surface area contributed by atoms with Gasteiger partial charge in [0.05, 0.1) is 0 Å². The zero-order valence-electron chi connectivity index (χ0n) is 10.9. The average Bonchev–Trinajstić information content (AvgIpc) is 2.71. The lowest BCUT2D eigenvalue weighted by Crippen LogP contribution is -2.09. The van der Waals surface area contributed by atoms with Gasteiger partial charge in [-0.15, -0.1) is 11.3 Å². The summed E-state index contributed by atoms with van der Waals surface area (Å²) in [6.45, 7) is 7.53. The Balaban J connectivity index is 2.79. The Bertz CT molecular complexity index is 304. The first-order valence-corrected chi connectivity index (χ1v) is 7.41. The fourth-order valence-corrected chi connectivity index (χ4v) is 3.37. The number of unbranched alkanes of at least 4 members (excludes halogenated alkanes) is 2. The normalized spacial score (nSPS) is 13.0. The lowest BCUT2D eigenvalue weighted by Gasteiger charge is -2.11. The molecule has 1 aromatic rings. The molecule has 92 valence electrons. The molecule has 0 aliphatic heterocycles. The fourth-order valence-electron chi connectivity index (χ4n) is 2.09. The molecule has 0 saturated carbocycles.